The molecule has 2 aromatic rings. The molecule has 0 heterocycles. The molecule has 0 bridgehead atoms. The van der Waals surface area contributed by atoms with Gasteiger partial charge in [-0.1, -0.05) is 43.7 Å². The van der Waals surface area contributed by atoms with E-state index in [9.17, 15) is 19.5 Å². The number of carbonyl (C=O) groups excluding carboxylic acids is 3. The molecule has 2 aromatic carbocycles. The quantitative estimate of drug-likeness (QED) is 0.521. The van der Waals surface area contributed by atoms with Gasteiger partial charge in [0.2, 0.25) is 0 Å². The number of aromatic hydroxyl groups is 1. The molecule has 0 radical (unpaired) electrons. The number of phenolic OH excluding ortho intramolecular Hbond substituents is 1. The lowest BCUT2D eigenvalue weighted by Crippen LogP contribution is -2.49. The van der Waals surface area contributed by atoms with Crippen LogP contribution < -0.4 is 0 Å². The number of rotatable bonds is 10. The van der Waals surface area contributed by atoms with Crippen molar-refractivity contribution in [3.63, 3.8) is 0 Å². The summed E-state index contributed by atoms with van der Waals surface area (Å²) < 4.78 is 15.7. The molecule has 7 nitrogen and oxygen atoms in total. The lowest BCUT2D eigenvalue weighted by atomic mass is 9.95. The summed E-state index contributed by atoms with van der Waals surface area (Å²) in [6.45, 7) is 5.65. The molecule has 32 heavy (non-hydrogen) atoms. The van der Waals surface area contributed by atoms with Crippen LogP contribution in [0.4, 0.5) is 0 Å². The zero-order valence-corrected chi connectivity index (χ0v) is 20.0. The molecule has 0 spiro atoms. The lowest BCUT2D eigenvalue weighted by Gasteiger charge is -2.26. The van der Waals surface area contributed by atoms with Crippen LogP contribution in [0, 0.1) is 0 Å². The third-order valence-corrected chi connectivity index (χ3v) is 7.48. The third-order valence-electron chi connectivity index (χ3n) is 4.72. The number of carbonyl (C=O) groups is 3. The lowest BCUT2D eigenvalue weighted by molar-refractivity contribution is -0.147. The van der Waals surface area contributed by atoms with Crippen LogP contribution in [-0.2, 0) is 40.5 Å². The van der Waals surface area contributed by atoms with E-state index in [1.165, 1.54) is 26.3 Å². The Kier molecular flexibility index (Phi) is 9.01. The summed E-state index contributed by atoms with van der Waals surface area (Å²) in [6.07, 6.45) is 2.98. The van der Waals surface area contributed by atoms with Gasteiger partial charge in [0, 0.05) is 20.8 Å². The van der Waals surface area contributed by atoms with Crippen molar-refractivity contribution in [2.75, 3.05) is 0 Å². The molecule has 0 atom stereocenters. The summed E-state index contributed by atoms with van der Waals surface area (Å²) >= 11 is 0. The summed E-state index contributed by atoms with van der Waals surface area (Å²) in [6, 6.07) is 13.5. The van der Waals surface area contributed by atoms with Crippen molar-refractivity contribution in [2.24, 2.45) is 0 Å². The number of benzene rings is 2. The van der Waals surface area contributed by atoms with E-state index >= 15 is 0 Å². The van der Waals surface area contributed by atoms with E-state index in [0.29, 0.717) is 12.8 Å². The molecule has 0 saturated heterocycles. The van der Waals surface area contributed by atoms with Crippen LogP contribution in [0.5, 0.6) is 5.75 Å². The third kappa shape index (κ3) is 7.53. The number of phenols is 1. The van der Waals surface area contributed by atoms with Gasteiger partial charge in [0.15, 0.2) is 0 Å². The minimum atomic E-state index is -3.88. The van der Waals surface area contributed by atoms with Gasteiger partial charge in [-0.2, -0.15) is 0 Å². The summed E-state index contributed by atoms with van der Waals surface area (Å²) in [5, 5.41) is 10.0. The highest BCUT2D eigenvalue weighted by Gasteiger charge is 2.51. The second-order valence-electron chi connectivity index (χ2n) is 7.61. The highest BCUT2D eigenvalue weighted by atomic mass is 28.4. The van der Waals surface area contributed by atoms with Gasteiger partial charge in [-0.15, -0.1) is 0 Å². The van der Waals surface area contributed by atoms with Crippen molar-refractivity contribution < 1.29 is 32.8 Å². The molecule has 0 aromatic heterocycles. The van der Waals surface area contributed by atoms with Gasteiger partial charge in [-0.25, -0.2) is 0 Å². The molecule has 0 amide bonds. The Morgan fingerprint density at radius 1 is 0.844 bits per heavy atom. The van der Waals surface area contributed by atoms with Crippen molar-refractivity contribution in [3.8, 4) is 16.9 Å². The van der Waals surface area contributed by atoms with Gasteiger partial charge in [-0.05, 0) is 53.6 Å². The molecule has 172 valence electrons. The maximum atomic E-state index is 11.6. The zero-order chi connectivity index (χ0) is 23.7. The van der Waals surface area contributed by atoms with Crippen molar-refractivity contribution in [1.29, 1.82) is 0 Å². The van der Waals surface area contributed by atoms with Gasteiger partial charge in [0.25, 0.3) is 17.9 Å². The average Bonchev–Trinajstić information content (AvgIpc) is 2.67. The topological polar surface area (TPSA) is 99.1 Å². The Labute approximate surface area is 189 Å². The predicted octanol–water partition coefficient (Wildman–Crippen LogP) is 4.57. The Hall–Kier alpha value is -3.13. The maximum Gasteiger partial charge on any atom is 0.705 e. The standard InChI is InChI=1S/C24H30O7Si/c1-5-7-20-9-11-21(12-10-20)24-14-13-23(28)16-22(24)8-6-15-32(29-17(2)25,30-18(3)26)31-19(4)27/h9-14,16,28H,5-8,15H2,1-4H3. The molecule has 2 rings (SSSR count). The fraction of sp³-hybridized carbons (Fsp3) is 0.375. The Morgan fingerprint density at radius 2 is 1.41 bits per heavy atom. The summed E-state index contributed by atoms with van der Waals surface area (Å²) in [5.74, 6) is -1.94. The monoisotopic (exact) mass is 458 g/mol. The highest BCUT2D eigenvalue weighted by Crippen LogP contribution is 2.30. The minimum absolute atomic E-state index is 0.0796. The second-order valence-corrected chi connectivity index (χ2v) is 10.1. The molecule has 0 aliphatic heterocycles. The first-order chi connectivity index (χ1) is 15.1. The second kappa shape index (κ2) is 11.5. The van der Waals surface area contributed by atoms with Crippen molar-refractivity contribution in [2.45, 2.75) is 59.4 Å². The van der Waals surface area contributed by atoms with Crippen LogP contribution in [0.25, 0.3) is 11.1 Å². The van der Waals surface area contributed by atoms with Crippen LogP contribution in [0.15, 0.2) is 42.5 Å². The molecule has 0 aliphatic rings. The average molecular weight is 459 g/mol. The molecular weight excluding hydrogens is 428 g/mol. The van der Waals surface area contributed by atoms with Gasteiger partial charge in [-0.3, -0.25) is 14.4 Å². The first-order valence-electron chi connectivity index (χ1n) is 10.6. The fourth-order valence-corrected chi connectivity index (χ4v) is 5.93. The van der Waals surface area contributed by atoms with Crippen LogP contribution in [0.3, 0.4) is 0 Å². The summed E-state index contributed by atoms with van der Waals surface area (Å²) in [5.41, 5.74) is 4.12. The molecule has 1 N–H and O–H groups in total. The summed E-state index contributed by atoms with van der Waals surface area (Å²) in [7, 11) is -3.88. The first kappa shape index (κ1) is 25.1. The molecule has 0 aliphatic carbocycles. The molecule has 0 saturated carbocycles. The van der Waals surface area contributed by atoms with E-state index in [2.05, 4.69) is 31.2 Å². The van der Waals surface area contributed by atoms with Crippen molar-refractivity contribution in [1.82, 2.24) is 0 Å². The van der Waals surface area contributed by atoms with E-state index in [-0.39, 0.29) is 11.8 Å². The minimum Gasteiger partial charge on any atom is -0.508 e. The number of hydrogen-bond acceptors (Lipinski definition) is 7. The Morgan fingerprint density at radius 3 is 1.91 bits per heavy atom. The maximum absolute atomic E-state index is 11.6. The molecule has 0 fully saturated rings. The number of aryl methyl sites for hydroxylation is 2. The fourth-order valence-electron chi connectivity index (χ4n) is 3.58. The van der Waals surface area contributed by atoms with E-state index in [0.717, 1.165) is 29.5 Å². The van der Waals surface area contributed by atoms with Crippen LogP contribution in [-0.4, -0.2) is 31.8 Å². The van der Waals surface area contributed by atoms with Gasteiger partial charge < -0.3 is 18.4 Å². The van der Waals surface area contributed by atoms with Crippen LogP contribution in [0.1, 0.15) is 51.7 Å². The molecular formula is C24H30O7Si. The highest BCUT2D eigenvalue weighted by molar-refractivity contribution is 6.65. The van der Waals surface area contributed by atoms with Gasteiger partial charge in [0.05, 0.1) is 6.04 Å². The van der Waals surface area contributed by atoms with E-state index < -0.39 is 26.7 Å². The number of hydrogen-bond donors (Lipinski definition) is 1. The Bertz CT molecular complexity index is 913. The normalized spacial score (nSPS) is 11.0. The molecule has 8 heteroatoms. The largest absolute Gasteiger partial charge is 0.705 e. The van der Waals surface area contributed by atoms with E-state index in [4.69, 9.17) is 13.3 Å². The van der Waals surface area contributed by atoms with Gasteiger partial charge in [0.1, 0.15) is 5.75 Å². The Balaban J connectivity index is 2.25. The van der Waals surface area contributed by atoms with Crippen LogP contribution in [0.2, 0.25) is 6.04 Å². The van der Waals surface area contributed by atoms with Gasteiger partial charge >= 0.3 is 8.80 Å². The molecule has 0 unspecified atom stereocenters. The summed E-state index contributed by atoms with van der Waals surface area (Å²) in [4.78, 5) is 34.8. The van der Waals surface area contributed by atoms with E-state index in [1.54, 1.807) is 12.1 Å². The van der Waals surface area contributed by atoms with Crippen LogP contribution >= 0.6 is 0 Å². The van der Waals surface area contributed by atoms with E-state index in [1.807, 2.05) is 6.07 Å². The van der Waals surface area contributed by atoms with Crippen molar-refractivity contribution in [3.05, 3.63) is 53.6 Å². The predicted molar refractivity (Wildman–Crippen MR) is 122 cm³/mol. The first-order valence-corrected chi connectivity index (χ1v) is 12.6. The zero-order valence-electron chi connectivity index (χ0n) is 19.0. The SMILES string of the molecule is CCCc1ccc(-c2ccc(O)cc2CCC[Si](OC(C)=O)(OC(C)=O)OC(C)=O)cc1. The van der Waals surface area contributed by atoms with Crippen molar-refractivity contribution >= 4 is 26.7 Å². The smallest absolute Gasteiger partial charge is 0.508 e.